The van der Waals surface area contributed by atoms with E-state index >= 15 is 0 Å². The Labute approximate surface area is 144 Å². The van der Waals surface area contributed by atoms with Gasteiger partial charge in [-0.2, -0.15) is 0 Å². The quantitative estimate of drug-likeness (QED) is 0.403. The third kappa shape index (κ3) is 2.99. The fourth-order valence-corrected chi connectivity index (χ4v) is 3.66. The molecule has 1 heterocycles. The number of thiazole rings is 1. The summed E-state index contributed by atoms with van der Waals surface area (Å²) in [6, 6.07) is 11.1. The summed E-state index contributed by atoms with van der Waals surface area (Å²) in [5, 5.41) is 23.1. The number of aromatic nitrogens is 1. The summed E-state index contributed by atoms with van der Waals surface area (Å²) >= 11 is 6.59. The van der Waals surface area contributed by atoms with E-state index < -0.39 is 10.9 Å². The summed E-state index contributed by atoms with van der Waals surface area (Å²) in [6.45, 7) is 0.265. The van der Waals surface area contributed by atoms with Gasteiger partial charge >= 0.3 is 5.97 Å². The Balaban J connectivity index is 1.94. The molecule has 3 aromatic rings. The number of aromatic carboxylic acids is 1. The van der Waals surface area contributed by atoms with Crippen LogP contribution in [0, 0.1) is 14.1 Å². The van der Waals surface area contributed by atoms with E-state index in [9.17, 15) is 20.0 Å². The number of anilines is 1. The summed E-state index contributed by atoms with van der Waals surface area (Å²) in [4.78, 5) is 21.6. The highest BCUT2D eigenvalue weighted by Crippen LogP contribution is 2.27. The SMILES string of the molecule is O=C(O)c1ccccc1NCn1c(=S)sc2cc([N+](=O)[O-])ccc21. The molecule has 0 bridgehead atoms. The monoisotopic (exact) mass is 361 g/mol. The number of carboxylic acid groups (broad SMARTS) is 1. The lowest BCUT2D eigenvalue weighted by Crippen LogP contribution is -2.11. The van der Waals surface area contributed by atoms with Gasteiger partial charge in [0, 0.05) is 12.1 Å². The summed E-state index contributed by atoms with van der Waals surface area (Å²) in [7, 11) is 0. The molecule has 9 heteroatoms. The van der Waals surface area contributed by atoms with Gasteiger partial charge in [-0.05, 0) is 30.4 Å². The fraction of sp³-hybridized carbons (Fsp3) is 0.0667. The van der Waals surface area contributed by atoms with Crippen LogP contribution in [0.15, 0.2) is 42.5 Å². The number of nitrogens with one attached hydrogen (secondary N) is 1. The van der Waals surface area contributed by atoms with Crippen LogP contribution in [-0.4, -0.2) is 20.6 Å². The standard InChI is InChI=1S/C15H11N3O4S2/c19-14(20)10-3-1-2-4-11(10)16-8-17-12-6-5-9(18(21)22)7-13(12)24-15(17)23/h1-7,16H,8H2,(H,19,20). The molecule has 0 saturated carbocycles. The zero-order valence-corrected chi connectivity index (χ0v) is 13.8. The van der Waals surface area contributed by atoms with Gasteiger partial charge < -0.3 is 15.0 Å². The van der Waals surface area contributed by atoms with Gasteiger partial charge in [0.1, 0.15) is 0 Å². The van der Waals surface area contributed by atoms with Crippen molar-refractivity contribution in [2.45, 2.75) is 6.67 Å². The van der Waals surface area contributed by atoms with Crippen molar-refractivity contribution in [3.63, 3.8) is 0 Å². The highest BCUT2D eigenvalue weighted by atomic mass is 32.1. The second-order valence-corrected chi connectivity index (χ2v) is 6.57. The number of para-hydroxylation sites is 1. The molecule has 0 radical (unpaired) electrons. The number of nitrogens with zero attached hydrogens (tertiary/aromatic N) is 2. The molecule has 0 fully saturated rings. The first-order valence-corrected chi connectivity index (χ1v) is 8.04. The summed E-state index contributed by atoms with van der Waals surface area (Å²) in [5.74, 6) is -1.02. The molecular weight excluding hydrogens is 350 g/mol. The lowest BCUT2D eigenvalue weighted by atomic mass is 10.2. The Morgan fingerprint density at radius 2 is 2.08 bits per heavy atom. The van der Waals surface area contributed by atoms with E-state index in [4.69, 9.17) is 12.2 Å². The maximum Gasteiger partial charge on any atom is 0.337 e. The van der Waals surface area contributed by atoms with E-state index in [-0.39, 0.29) is 17.9 Å². The van der Waals surface area contributed by atoms with Gasteiger partial charge in [-0.15, -0.1) is 11.3 Å². The van der Waals surface area contributed by atoms with Gasteiger partial charge in [0.15, 0.2) is 3.95 Å². The van der Waals surface area contributed by atoms with Crippen LogP contribution in [0.1, 0.15) is 10.4 Å². The van der Waals surface area contributed by atoms with E-state index in [0.717, 1.165) is 5.52 Å². The summed E-state index contributed by atoms with van der Waals surface area (Å²) < 4.78 is 3.03. The van der Waals surface area contributed by atoms with Gasteiger partial charge in [-0.1, -0.05) is 12.1 Å². The summed E-state index contributed by atoms with van der Waals surface area (Å²) in [6.07, 6.45) is 0. The molecule has 2 N–H and O–H groups in total. The molecule has 7 nitrogen and oxygen atoms in total. The number of nitro benzene ring substituents is 1. The van der Waals surface area contributed by atoms with E-state index in [1.165, 1.54) is 29.5 Å². The number of rotatable bonds is 5. The molecule has 0 aliphatic heterocycles. The van der Waals surface area contributed by atoms with E-state index in [1.807, 2.05) is 0 Å². The van der Waals surface area contributed by atoms with Crippen LogP contribution in [0.4, 0.5) is 11.4 Å². The zero-order chi connectivity index (χ0) is 17.3. The molecule has 0 atom stereocenters. The van der Waals surface area contributed by atoms with Gasteiger partial charge in [0.2, 0.25) is 0 Å². The molecule has 2 aromatic carbocycles. The van der Waals surface area contributed by atoms with Crippen molar-refractivity contribution in [1.29, 1.82) is 0 Å². The topological polar surface area (TPSA) is 97.4 Å². The molecule has 0 spiro atoms. The van der Waals surface area contributed by atoms with Crippen LogP contribution in [-0.2, 0) is 6.67 Å². The van der Waals surface area contributed by atoms with Gasteiger partial charge in [0.25, 0.3) is 5.69 Å². The fourth-order valence-electron chi connectivity index (χ4n) is 2.31. The largest absolute Gasteiger partial charge is 0.478 e. The number of hydrogen-bond donors (Lipinski definition) is 2. The van der Waals surface area contributed by atoms with Crippen LogP contribution < -0.4 is 5.32 Å². The lowest BCUT2D eigenvalue weighted by Gasteiger charge is -2.11. The number of non-ortho nitro benzene ring substituents is 1. The van der Waals surface area contributed by atoms with Crippen molar-refractivity contribution in [2.75, 3.05) is 5.32 Å². The van der Waals surface area contributed by atoms with Crippen molar-refractivity contribution in [1.82, 2.24) is 4.57 Å². The molecule has 1 aromatic heterocycles. The first-order chi connectivity index (χ1) is 11.5. The highest BCUT2D eigenvalue weighted by molar-refractivity contribution is 7.73. The van der Waals surface area contributed by atoms with Crippen LogP contribution >= 0.6 is 23.6 Å². The number of nitro groups is 1. The predicted molar refractivity (Wildman–Crippen MR) is 94.3 cm³/mol. The predicted octanol–water partition coefficient (Wildman–Crippen LogP) is 4.11. The minimum Gasteiger partial charge on any atom is -0.478 e. The van der Waals surface area contributed by atoms with Crippen LogP contribution in [0.5, 0.6) is 0 Å². The third-order valence-corrected chi connectivity index (χ3v) is 4.86. The summed E-state index contributed by atoms with van der Waals surface area (Å²) in [5.41, 5.74) is 1.42. The second kappa shape index (κ2) is 6.38. The molecule has 3 rings (SSSR count). The Hall–Kier alpha value is -2.78. The Morgan fingerprint density at radius 3 is 2.79 bits per heavy atom. The minimum absolute atomic E-state index is 0.00934. The van der Waals surface area contributed by atoms with Gasteiger partial charge in [0.05, 0.1) is 33.1 Å². The smallest absolute Gasteiger partial charge is 0.337 e. The highest BCUT2D eigenvalue weighted by Gasteiger charge is 2.12. The average Bonchev–Trinajstić information content (AvgIpc) is 2.87. The second-order valence-electron chi connectivity index (χ2n) is 4.89. The van der Waals surface area contributed by atoms with Crippen molar-refractivity contribution in [3.8, 4) is 0 Å². The molecule has 0 amide bonds. The van der Waals surface area contributed by atoms with Crippen LogP contribution in [0.25, 0.3) is 10.2 Å². The van der Waals surface area contributed by atoms with Crippen LogP contribution in [0.2, 0.25) is 0 Å². The van der Waals surface area contributed by atoms with E-state index in [1.54, 1.807) is 28.8 Å². The first kappa shape index (κ1) is 16.1. The van der Waals surface area contributed by atoms with Gasteiger partial charge in [-0.3, -0.25) is 10.1 Å². The Morgan fingerprint density at radius 1 is 1.33 bits per heavy atom. The molecular formula is C15H11N3O4S2. The Bertz CT molecular complexity index is 1010. The number of carbonyl (C=O) groups is 1. The van der Waals surface area contributed by atoms with Crippen molar-refractivity contribution in [2.24, 2.45) is 0 Å². The lowest BCUT2D eigenvalue weighted by molar-refractivity contribution is -0.384. The molecule has 0 saturated heterocycles. The van der Waals surface area contributed by atoms with Gasteiger partial charge in [-0.25, -0.2) is 4.79 Å². The minimum atomic E-state index is -1.02. The molecule has 122 valence electrons. The van der Waals surface area contributed by atoms with Crippen LogP contribution in [0.3, 0.4) is 0 Å². The number of hydrogen-bond acceptors (Lipinski definition) is 6. The van der Waals surface area contributed by atoms with E-state index in [2.05, 4.69) is 5.32 Å². The number of benzene rings is 2. The van der Waals surface area contributed by atoms with Crippen molar-refractivity contribution in [3.05, 3.63) is 62.1 Å². The molecule has 0 unspecified atom stereocenters. The van der Waals surface area contributed by atoms with Crippen molar-refractivity contribution >= 4 is 51.1 Å². The normalized spacial score (nSPS) is 10.7. The number of fused-ring (bicyclic) bond motifs is 1. The zero-order valence-electron chi connectivity index (χ0n) is 12.1. The third-order valence-electron chi connectivity index (χ3n) is 3.45. The average molecular weight is 361 g/mol. The number of carboxylic acids is 1. The van der Waals surface area contributed by atoms with Crippen molar-refractivity contribution < 1.29 is 14.8 Å². The molecule has 24 heavy (non-hydrogen) atoms. The first-order valence-electron chi connectivity index (χ1n) is 6.81. The molecule has 0 aliphatic rings. The Kier molecular flexibility index (Phi) is 4.28. The maximum atomic E-state index is 11.2. The van der Waals surface area contributed by atoms with E-state index in [0.29, 0.717) is 14.3 Å². The maximum absolute atomic E-state index is 11.2. The molecule has 0 aliphatic carbocycles.